The minimum absolute atomic E-state index is 0.0326. The van der Waals surface area contributed by atoms with Crippen molar-refractivity contribution in [1.82, 2.24) is 9.62 Å². The highest BCUT2D eigenvalue weighted by Crippen LogP contribution is 2.23. The van der Waals surface area contributed by atoms with Crippen LogP contribution in [0.15, 0.2) is 17.0 Å². The summed E-state index contributed by atoms with van der Waals surface area (Å²) in [7, 11) is -2.24. The topological polar surface area (TPSA) is 75.7 Å². The first kappa shape index (κ1) is 17.9. The maximum absolute atomic E-state index is 12.8. The van der Waals surface area contributed by atoms with Crippen molar-refractivity contribution in [2.45, 2.75) is 44.8 Å². The molecule has 1 aliphatic heterocycles. The first-order valence-corrected chi connectivity index (χ1v) is 9.13. The van der Waals surface area contributed by atoms with Gasteiger partial charge in [0.05, 0.1) is 17.1 Å². The number of morpholine rings is 1. The van der Waals surface area contributed by atoms with Crippen molar-refractivity contribution in [3.8, 4) is 0 Å². The second-order valence-electron chi connectivity index (χ2n) is 6.09. The Balaban J connectivity index is 2.42. The molecular formula is C16H24N2O4S. The van der Waals surface area contributed by atoms with Gasteiger partial charge in [0.2, 0.25) is 10.0 Å². The molecule has 0 unspecified atom stereocenters. The van der Waals surface area contributed by atoms with Gasteiger partial charge in [-0.2, -0.15) is 0 Å². The Morgan fingerprint density at radius 1 is 1.22 bits per heavy atom. The van der Waals surface area contributed by atoms with E-state index in [1.54, 1.807) is 17.9 Å². The van der Waals surface area contributed by atoms with Crippen LogP contribution < -0.4 is 4.72 Å². The van der Waals surface area contributed by atoms with Gasteiger partial charge in [0, 0.05) is 18.7 Å². The van der Waals surface area contributed by atoms with Crippen LogP contribution in [-0.4, -0.2) is 51.6 Å². The number of ether oxygens (including phenoxy) is 1. The molecule has 1 aromatic rings. The lowest BCUT2D eigenvalue weighted by atomic mass is 10.0. The molecule has 2 atom stereocenters. The van der Waals surface area contributed by atoms with E-state index in [4.69, 9.17) is 4.74 Å². The smallest absolute Gasteiger partial charge is 0.254 e. The Bertz CT molecular complexity index is 705. The standard InChI is InChI=1S/C16H24N2O4S/c1-10-6-14(7-15(13(10)4)23(20,21)17-5)16(19)18-8-11(2)22-12(3)9-18/h6-7,11-12,17H,8-9H2,1-5H3/t11-,12-/m0/s1. The van der Waals surface area contributed by atoms with Gasteiger partial charge in [-0.15, -0.1) is 0 Å². The van der Waals surface area contributed by atoms with Crippen molar-refractivity contribution in [1.29, 1.82) is 0 Å². The van der Waals surface area contributed by atoms with E-state index < -0.39 is 10.0 Å². The van der Waals surface area contributed by atoms with Gasteiger partial charge in [0.1, 0.15) is 0 Å². The van der Waals surface area contributed by atoms with Crippen LogP contribution in [0.2, 0.25) is 0 Å². The van der Waals surface area contributed by atoms with Gasteiger partial charge in [-0.1, -0.05) is 0 Å². The molecule has 23 heavy (non-hydrogen) atoms. The number of hydrogen-bond acceptors (Lipinski definition) is 4. The van der Waals surface area contributed by atoms with Crippen molar-refractivity contribution in [2.75, 3.05) is 20.1 Å². The summed E-state index contributed by atoms with van der Waals surface area (Å²) in [6, 6.07) is 3.21. The summed E-state index contributed by atoms with van der Waals surface area (Å²) in [6.07, 6.45) is -0.0653. The van der Waals surface area contributed by atoms with E-state index in [-0.39, 0.29) is 23.0 Å². The number of aryl methyl sites for hydroxylation is 1. The molecular weight excluding hydrogens is 316 g/mol. The number of rotatable bonds is 3. The number of carbonyl (C=O) groups is 1. The lowest BCUT2D eigenvalue weighted by Crippen LogP contribution is -2.48. The predicted octanol–water partition coefficient (Wildman–Crippen LogP) is 1.46. The molecule has 1 aromatic carbocycles. The fourth-order valence-electron chi connectivity index (χ4n) is 2.87. The van der Waals surface area contributed by atoms with Gasteiger partial charge in [-0.3, -0.25) is 4.79 Å². The number of nitrogens with one attached hydrogen (secondary N) is 1. The minimum Gasteiger partial charge on any atom is -0.372 e. The summed E-state index contributed by atoms with van der Waals surface area (Å²) in [5.41, 5.74) is 1.82. The summed E-state index contributed by atoms with van der Waals surface area (Å²) < 4.78 is 32.3. The Kier molecular flexibility index (Phi) is 5.13. The van der Waals surface area contributed by atoms with Crippen LogP contribution in [0.25, 0.3) is 0 Å². The normalized spacial score (nSPS) is 22.2. The van der Waals surface area contributed by atoms with Gasteiger partial charge in [0.15, 0.2) is 0 Å². The Labute approximate surface area is 137 Å². The zero-order valence-electron chi connectivity index (χ0n) is 14.2. The van der Waals surface area contributed by atoms with Crippen LogP contribution >= 0.6 is 0 Å². The second-order valence-corrected chi connectivity index (χ2v) is 7.95. The summed E-state index contributed by atoms with van der Waals surface area (Å²) in [6.45, 7) is 8.41. The highest BCUT2D eigenvalue weighted by molar-refractivity contribution is 7.89. The number of nitrogens with zero attached hydrogens (tertiary/aromatic N) is 1. The molecule has 1 N–H and O–H groups in total. The monoisotopic (exact) mass is 340 g/mol. The summed E-state index contributed by atoms with van der Waals surface area (Å²) in [4.78, 5) is 14.6. The van der Waals surface area contributed by atoms with Crippen molar-refractivity contribution >= 4 is 15.9 Å². The molecule has 1 saturated heterocycles. The average Bonchev–Trinajstić information content (AvgIpc) is 2.47. The minimum atomic E-state index is -3.61. The Hall–Kier alpha value is -1.44. The first-order valence-electron chi connectivity index (χ1n) is 7.65. The van der Waals surface area contributed by atoms with Crippen LogP contribution in [-0.2, 0) is 14.8 Å². The third-order valence-electron chi connectivity index (χ3n) is 4.13. The third kappa shape index (κ3) is 3.73. The second kappa shape index (κ2) is 6.59. The van der Waals surface area contributed by atoms with Crippen molar-refractivity contribution in [2.24, 2.45) is 0 Å². The molecule has 7 heteroatoms. The molecule has 0 saturated carbocycles. The lowest BCUT2D eigenvalue weighted by molar-refractivity contribution is -0.0586. The molecule has 1 heterocycles. The lowest BCUT2D eigenvalue weighted by Gasteiger charge is -2.35. The van der Waals surface area contributed by atoms with Crippen LogP contribution in [0, 0.1) is 13.8 Å². The maximum Gasteiger partial charge on any atom is 0.254 e. The van der Waals surface area contributed by atoms with E-state index in [0.717, 1.165) is 5.56 Å². The maximum atomic E-state index is 12.8. The molecule has 0 bridgehead atoms. The van der Waals surface area contributed by atoms with E-state index in [0.29, 0.717) is 24.2 Å². The van der Waals surface area contributed by atoms with E-state index in [9.17, 15) is 13.2 Å². The largest absolute Gasteiger partial charge is 0.372 e. The van der Waals surface area contributed by atoms with Crippen LogP contribution in [0.3, 0.4) is 0 Å². The Morgan fingerprint density at radius 3 is 2.30 bits per heavy atom. The van der Waals surface area contributed by atoms with E-state index in [1.807, 2.05) is 20.8 Å². The summed E-state index contributed by atoms with van der Waals surface area (Å²) in [5.74, 6) is -0.164. The SMILES string of the molecule is CNS(=O)(=O)c1cc(C(=O)N2C[C@H](C)O[C@@H](C)C2)cc(C)c1C. The summed E-state index contributed by atoms with van der Waals surface area (Å²) >= 11 is 0. The average molecular weight is 340 g/mol. The van der Waals surface area contributed by atoms with Gasteiger partial charge in [-0.05, 0) is 58.0 Å². The molecule has 0 aliphatic carbocycles. The molecule has 1 fully saturated rings. The molecule has 128 valence electrons. The van der Waals surface area contributed by atoms with E-state index in [2.05, 4.69) is 4.72 Å². The quantitative estimate of drug-likeness (QED) is 0.904. The number of hydrogen-bond donors (Lipinski definition) is 1. The number of benzene rings is 1. The predicted molar refractivity (Wildman–Crippen MR) is 88.1 cm³/mol. The van der Waals surface area contributed by atoms with Crippen molar-refractivity contribution < 1.29 is 17.9 Å². The van der Waals surface area contributed by atoms with Gasteiger partial charge in [-0.25, -0.2) is 13.1 Å². The third-order valence-corrected chi connectivity index (χ3v) is 5.67. The molecule has 2 rings (SSSR count). The molecule has 6 nitrogen and oxygen atoms in total. The number of sulfonamides is 1. The van der Waals surface area contributed by atoms with Gasteiger partial charge < -0.3 is 9.64 Å². The molecule has 1 aliphatic rings. The summed E-state index contributed by atoms with van der Waals surface area (Å²) in [5, 5.41) is 0. The van der Waals surface area contributed by atoms with E-state index in [1.165, 1.54) is 13.1 Å². The molecule has 0 aromatic heterocycles. The zero-order valence-corrected chi connectivity index (χ0v) is 15.0. The zero-order chi connectivity index (χ0) is 17.4. The van der Waals surface area contributed by atoms with Crippen molar-refractivity contribution in [3.63, 3.8) is 0 Å². The highest BCUT2D eigenvalue weighted by Gasteiger charge is 2.28. The van der Waals surface area contributed by atoms with Crippen molar-refractivity contribution in [3.05, 3.63) is 28.8 Å². The number of amides is 1. The molecule has 0 spiro atoms. The molecule has 0 radical (unpaired) electrons. The first-order chi connectivity index (χ1) is 10.7. The Morgan fingerprint density at radius 2 is 1.78 bits per heavy atom. The highest BCUT2D eigenvalue weighted by atomic mass is 32.2. The van der Waals surface area contributed by atoms with Crippen LogP contribution in [0.5, 0.6) is 0 Å². The molecule has 1 amide bonds. The van der Waals surface area contributed by atoms with Gasteiger partial charge >= 0.3 is 0 Å². The fourth-order valence-corrected chi connectivity index (χ4v) is 3.93. The fraction of sp³-hybridized carbons (Fsp3) is 0.562. The number of carbonyl (C=O) groups excluding carboxylic acids is 1. The van der Waals surface area contributed by atoms with Gasteiger partial charge in [0.25, 0.3) is 5.91 Å². The van der Waals surface area contributed by atoms with Crippen LogP contribution in [0.1, 0.15) is 35.3 Å². The van der Waals surface area contributed by atoms with E-state index >= 15 is 0 Å². The van der Waals surface area contributed by atoms with Crippen LogP contribution in [0.4, 0.5) is 0 Å².